The molecule has 15 heavy (non-hydrogen) atoms. The number of rotatable bonds is 9. The molecule has 0 aliphatic heterocycles. The van der Waals surface area contributed by atoms with Crippen molar-refractivity contribution in [3.05, 3.63) is 0 Å². The maximum absolute atomic E-state index is 2.43. The van der Waals surface area contributed by atoms with Gasteiger partial charge in [-0.15, -0.1) is 0 Å². The summed E-state index contributed by atoms with van der Waals surface area (Å²) in [5.41, 5.74) is 1.07. The quantitative estimate of drug-likeness (QED) is 0.367. The molecule has 92 valence electrons. The Balaban J connectivity index is 4.31. The van der Waals surface area contributed by atoms with E-state index in [1.54, 1.807) is 0 Å². The van der Waals surface area contributed by atoms with E-state index in [-0.39, 0.29) is 0 Å². The van der Waals surface area contributed by atoms with E-state index >= 15 is 0 Å². The van der Waals surface area contributed by atoms with E-state index in [0.29, 0.717) is 0 Å². The second-order valence-corrected chi connectivity index (χ2v) is 9.79. The van der Waals surface area contributed by atoms with Gasteiger partial charge in [0.1, 0.15) is 0 Å². The molecule has 0 aliphatic rings. The zero-order valence-electron chi connectivity index (χ0n) is 11.7. The summed E-state index contributed by atoms with van der Waals surface area (Å²) in [6.07, 6.45) is 11.6. The van der Waals surface area contributed by atoms with Crippen LogP contribution in [-0.2, 0) is 0 Å². The van der Waals surface area contributed by atoms with Crippen LogP contribution < -0.4 is 0 Å². The third-order valence-corrected chi connectivity index (χ3v) is 10.2. The molecule has 0 bridgehead atoms. The minimum Gasteiger partial charge on any atom is -0.0654 e. The van der Waals surface area contributed by atoms with Crippen LogP contribution in [0.2, 0.25) is 0 Å². The van der Waals surface area contributed by atoms with E-state index in [0.717, 1.165) is 5.66 Å². The summed E-state index contributed by atoms with van der Waals surface area (Å²) in [6.45, 7) is 12.0. The molecule has 0 saturated heterocycles. The van der Waals surface area contributed by atoms with Crippen molar-refractivity contribution in [2.75, 3.05) is 18.5 Å². The molecule has 0 spiro atoms. The van der Waals surface area contributed by atoms with Crippen molar-refractivity contribution < 1.29 is 0 Å². The molecule has 0 aromatic heterocycles. The van der Waals surface area contributed by atoms with Crippen molar-refractivity contribution in [1.82, 2.24) is 0 Å². The van der Waals surface area contributed by atoms with Crippen molar-refractivity contribution in [2.24, 2.45) is 0 Å². The molecular formula is C14H32P+. The van der Waals surface area contributed by atoms with Gasteiger partial charge in [-0.1, -0.05) is 26.7 Å². The number of hydrogen-bond acceptors (Lipinski definition) is 0. The van der Waals surface area contributed by atoms with Gasteiger partial charge in [0.2, 0.25) is 0 Å². The van der Waals surface area contributed by atoms with Crippen LogP contribution in [0.15, 0.2) is 0 Å². The maximum atomic E-state index is 2.43. The van der Waals surface area contributed by atoms with Gasteiger partial charge >= 0.3 is 0 Å². The molecular weight excluding hydrogens is 199 g/mol. The van der Waals surface area contributed by atoms with E-state index in [2.05, 4.69) is 34.6 Å². The Labute approximate surface area is 98.6 Å². The summed E-state index contributed by atoms with van der Waals surface area (Å²) in [7, 11) is -0.589. The Morgan fingerprint density at radius 1 is 0.800 bits per heavy atom. The fraction of sp³-hybridized carbons (Fsp3) is 1.00. The SMILES string of the molecule is CCCCCC(CC)[P+](CC)(CC)CC. The van der Waals surface area contributed by atoms with Crippen LogP contribution in [0, 0.1) is 0 Å². The molecule has 0 rings (SSSR count). The minimum absolute atomic E-state index is 0.589. The second-order valence-electron chi connectivity index (χ2n) is 4.73. The Bertz CT molecular complexity index is 130. The first-order valence-electron chi connectivity index (χ1n) is 7.06. The third-order valence-electron chi connectivity index (χ3n) is 4.28. The molecule has 0 aromatic rings. The van der Waals surface area contributed by atoms with Gasteiger partial charge in [0, 0.05) is 7.26 Å². The van der Waals surface area contributed by atoms with Crippen LogP contribution >= 0.6 is 7.26 Å². The molecule has 0 N–H and O–H groups in total. The van der Waals surface area contributed by atoms with Crippen LogP contribution in [0.1, 0.15) is 66.7 Å². The number of hydrogen-bond donors (Lipinski definition) is 0. The highest BCUT2D eigenvalue weighted by Gasteiger charge is 2.38. The fourth-order valence-corrected chi connectivity index (χ4v) is 7.34. The lowest BCUT2D eigenvalue weighted by Gasteiger charge is -2.32. The van der Waals surface area contributed by atoms with Gasteiger partial charge in [-0.25, -0.2) is 0 Å². The first kappa shape index (κ1) is 15.4. The number of unbranched alkanes of at least 4 members (excludes halogenated alkanes) is 2. The van der Waals surface area contributed by atoms with Crippen molar-refractivity contribution in [3.8, 4) is 0 Å². The van der Waals surface area contributed by atoms with Crippen molar-refractivity contribution in [1.29, 1.82) is 0 Å². The minimum atomic E-state index is -0.589. The van der Waals surface area contributed by atoms with Crippen LogP contribution in [0.25, 0.3) is 0 Å². The second kappa shape index (κ2) is 8.57. The Hall–Kier alpha value is 0.430. The standard InChI is InChI=1S/C14H32P/c1-6-11-12-13-14(7-2)15(8-3,9-4)10-5/h14H,6-13H2,1-5H3/q+1. The van der Waals surface area contributed by atoms with E-state index in [1.165, 1.54) is 50.6 Å². The van der Waals surface area contributed by atoms with Crippen LogP contribution in [-0.4, -0.2) is 24.1 Å². The maximum Gasteiger partial charge on any atom is 0.0694 e. The predicted molar refractivity (Wildman–Crippen MR) is 76.8 cm³/mol. The summed E-state index contributed by atoms with van der Waals surface area (Å²) in [6, 6.07) is 0. The zero-order chi connectivity index (χ0) is 11.7. The summed E-state index contributed by atoms with van der Waals surface area (Å²) < 4.78 is 0. The highest BCUT2D eigenvalue weighted by molar-refractivity contribution is 7.76. The smallest absolute Gasteiger partial charge is 0.0654 e. The average molecular weight is 231 g/mol. The summed E-state index contributed by atoms with van der Waals surface area (Å²) >= 11 is 0. The van der Waals surface area contributed by atoms with E-state index in [1.807, 2.05) is 0 Å². The van der Waals surface area contributed by atoms with Gasteiger partial charge in [0.05, 0.1) is 24.1 Å². The first-order valence-corrected chi connectivity index (χ1v) is 9.47. The third kappa shape index (κ3) is 4.43. The lowest BCUT2D eigenvalue weighted by molar-refractivity contribution is 0.625. The normalized spacial score (nSPS) is 14.2. The van der Waals surface area contributed by atoms with Crippen LogP contribution in [0.5, 0.6) is 0 Å². The fourth-order valence-electron chi connectivity index (χ4n) is 2.94. The molecule has 0 fully saturated rings. The van der Waals surface area contributed by atoms with Crippen molar-refractivity contribution in [2.45, 2.75) is 72.4 Å². The van der Waals surface area contributed by atoms with Crippen LogP contribution in [0.3, 0.4) is 0 Å². The molecule has 0 aliphatic carbocycles. The van der Waals surface area contributed by atoms with Crippen molar-refractivity contribution in [3.63, 3.8) is 0 Å². The largest absolute Gasteiger partial charge is 0.0694 e. The molecule has 0 amide bonds. The molecule has 0 saturated carbocycles. The highest BCUT2D eigenvalue weighted by atomic mass is 31.2. The average Bonchev–Trinajstić information content (AvgIpc) is 2.29. The first-order chi connectivity index (χ1) is 7.20. The lowest BCUT2D eigenvalue weighted by atomic mass is 10.1. The van der Waals surface area contributed by atoms with Gasteiger partial charge in [0.25, 0.3) is 0 Å². The van der Waals surface area contributed by atoms with Crippen LogP contribution in [0.4, 0.5) is 0 Å². The summed E-state index contributed by atoms with van der Waals surface area (Å²) in [4.78, 5) is 0. The zero-order valence-corrected chi connectivity index (χ0v) is 12.6. The van der Waals surface area contributed by atoms with E-state index < -0.39 is 7.26 Å². The Morgan fingerprint density at radius 2 is 1.33 bits per heavy atom. The molecule has 0 aromatic carbocycles. The van der Waals surface area contributed by atoms with E-state index in [4.69, 9.17) is 0 Å². The Kier molecular flexibility index (Phi) is 8.81. The summed E-state index contributed by atoms with van der Waals surface area (Å²) in [5, 5.41) is 0. The monoisotopic (exact) mass is 231 g/mol. The van der Waals surface area contributed by atoms with Gasteiger partial charge in [-0.05, 0) is 40.0 Å². The molecule has 0 heterocycles. The predicted octanol–water partition coefficient (Wildman–Crippen LogP) is 5.42. The molecule has 0 nitrogen and oxygen atoms in total. The summed E-state index contributed by atoms with van der Waals surface area (Å²) in [5.74, 6) is 0. The van der Waals surface area contributed by atoms with Gasteiger partial charge < -0.3 is 0 Å². The van der Waals surface area contributed by atoms with Gasteiger partial charge in [-0.2, -0.15) is 0 Å². The van der Waals surface area contributed by atoms with Gasteiger partial charge in [-0.3, -0.25) is 0 Å². The Morgan fingerprint density at radius 3 is 1.67 bits per heavy atom. The lowest BCUT2D eigenvalue weighted by Crippen LogP contribution is -2.19. The van der Waals surface area contributed by atoms with E-state index in [9.17, 15) is 0 Å². The molecule has 1 unspecified atom stereocenters. The molecule has 1 atom stereocenters. The molecule has 0 radical (unpaired) electrons. The topological polar surface area (TPSA) is 0 Å². The van der Waals surface area contributed by atoms with Crippen molar-refractivity contribution >= 4 is 7.26 Å². The van der Waals surface area contributed by atoms with Gasteiger partial charge in [0.15, 0.2) is 0 Å². The highest BCUT2D eigenvalue weighted by Crippen LogP contribution is 2.64. The molecule has 1 heteroatoms.